The van der Waals surface area contributed by atoms with Gasteiger partial charge < -0.3 is 14.6 Å². The number of rotatable bonds is 9. The molecule has 0 saturated heterocycles. The second-order valence-corrected chi connectivity index (χ2v) is 7.68. The number of phenols is 1. The van der Waals surface area contributed by atoms with Gasteiger partial charge in [-0.15, -0.1) is 0 Å². The standard InChI is InChI=1S/C27H32O4/c1-19(2)10-9-11-20(3)14-17-23-24(30-4)18-22(25(26(23)28)27(29)31-5)16-15-21-12-7-6-8-13-21/h6-8,10,12-16,18,28H,9,11,17H2,1-5H3. The topological polar surface area (TPSA) is 55.8 Å². The van der Waals surface area contributed by atoms with Crippen LogP contribution < -0.4 is 4.74 Å². The molecular weight excluding hydrogens is 388 g/mol. The summed E-state index contributed by atoms with van der Waals surface area (Å²) in [6, 6.07) is 11.5. The van der Waals surface area contributed by atoms with Crippen molar-refractivity contribution < 1.29 is 19.4 Å². The van der Waals surface area contributed by atoms with Gasteiger partial charge >= 0.3 is 5.97 Å². The highest BCUT2D eigenvalue weighted by Crippen LogP contribution is 2.36. The molecule has 0 aliphatic heterocycles. The third-order valence-corrected chi connectivity index (χ3v) is 5.01. The Bertz CT molecular complexity index is 978. The first-order valence-electron chi connectivity index (χ1n) is 10.4. The summed E-state index contributed by atoms with van der Waals surface area (Å²) < 4.78 is 10.5. The Morgan fingerprint density at radius 3 is 2.35 bits per heavy atom. The summed E-state index contributed by atoms with van der Waals surface area (Å²) in [4.78, 5) is 12.5. The van der Waals surface area contributed by atoms with Crippen LogP contribution in [-0.2, 0) is 11.2 Å². The molecule has 0 aliphatic rings. The predicted molar refractivity (Wildman–Crippen MR) is 127 cm³/mol. The van der Waals surface area contributed by atoms with Crippen LogP contribution in [0.4, 0.5) is 0 Å². The van der Waals surface area contributed by atoms with E-state index in [2.05, 4.69) is 32.9 Å². The smallest absolute Gasteiger partial charge is 0.342 e. The number of carbonyl (C=O) groups excluding carboxylic acids is 1. The second kappa shape index (κ2) is 11.8. The van der Waals surface area contributed by atoms with Gasteiger partial charge in [0.2, 0.25) is 0 Å². The lowest BCUT2D eigenvalue weighted by Crippen LogP contribution is -2.07. The minimum atomic E-state index is -0.585. The van der Waals surface area contributed by atoms with E-state index in [4.69, 9.17) is 9.47 Å². The van der Waals surface area contributed by atoms with Gasteiger partial charge in [0.25, 0.3) is 0 Å². The highest BCUT2D eigenvalue weighted by molar-refractivity contribution is 5.98. The number of methoxy groups -OCH3 is 2. The van der Waals surface area contributed by atoms with Crippen LogP contribution in [0.15, 0.2) is 59.7 Å². The van der Waals surface area contributed by atoms with E-state index in [0.717, 1.165) is 18.4 Å². The summed E-state index contributed by atoms with van der Waals surface area (Å²) in [7, 11) is 2.87. The first-order chi connectivity index (χ1) is 14.9. The fraction of sp³-hybridized carbons (Fsp3) is 0.296. The molecule has 2 rings (SSSR count). The van der Waals surface area contributed by atoms with E-state index < -0.39 is 5.97 Å². The summed E-state index contributed by atoms with van der Waals surface area (Å²) in [6.45, 7) is 6.24. The van der Waals surface area contributed by atoms with Crippen LogP contribution >= 0.6 is 0 Å². The maximum absolute atomic E-state index is 12.5. The van der Waals surface area contributed by atoms with Crippen LogP contribution in [-0.4, -0.2) is 25.3 Å². The van der Waals surface area contributed by atoms with E-state index in [1.807, 2.05) is 36.4 Å². The Morgan fingerprint density at radius 1 is 1.03 bits per heavy atom. The lowest BCUT2D eigenvalue weighted by atomic mass is 9.97. The van der Waals surface area contributed by atoms with Crippen LogP contribution in [0.5, 0.6) is 11.5 Å². The van der Waals surface area contributed by atoms with E-state index in [9.17, 15) is 9.90 Å². The maximum atomic E-state index is 12.5. The molecule has 2 aromatic rings. The first kappa shape index (κ1) is 24.0. The van der Waals surface area contributed by atoms with Gasteiger partial charge in [-0.05, 0) is 57.2 Å². The molecule has 0 saturated carbocycles. The van der Waals surface area contributed by atoms with E-state index in [1.54, 1.807) is 19.3 Å². The molecule has 1 N–H and O–H groups in total. The molecule has 0 amide bonds. The zero-order valence-corrected chi connectivity index (χ0v) is 19.1. The molecule has 0 aromatic heterocycles. The van der Waals surface area contributed by atoms with Crippen molar-refractivity contribution in [1.29, 1.82) is 0 Å². The number of esters is 1. The first-order valence-corrected chi connectivity index (χ1v) is 10.4. The molecule has 4 nitrogen and oxygen atoms in total. The fourth-order valence-electron chi connectivity index (χ4n) is 3.25. The van der Waals surface area contributed by atoms with Crippen molar-refractivity contribution >= 4 is 18.1 Å². The number of benzene rings is 2. The van der Waals surface area contributed by atoms with Crippen molar-refractivity contribution in [1.82, 2.24) is 0 Å². The van der Waals surface area contributed by atoms with Crippen molar-refractivity contribution in [3.05, 3.63) is 82.0 Å². The Hall–Kier alpha value is -3.27. The normalized spacial score (nSPS) is 11.5. The van der Waals surface area contributed by atoms with E-state index in [-0.39, 0.29) is 11.3 Å². The molecule has 0 bridgehead atoms. The molecular formula is C27H32O4. The van der Waals surface area contributed by atoms with Gasteiger partial charge in [0.05, 0.1) is 14.2 Å². The number of carbonyl (C=O) groups is 1. The molecule has 0 unspecified atom stereocenters. The van der Waals surface area contributed by atoms with Crippen LogP contribution in [0.25, 0.3) is 12.2 Å². The number of ether oxygens (including phenoxy) is 2. The summed E-state index contributed by atoms with van der Waals surface area (Å²) >= 11 is 0. The fourth-order valence-corrected chi connectivity index (χ4v) is 3.25. The van der Waals surface area contributed by atoms with Gasteiger partial charge in [-0.2, -0.15) is 0 Å². The zero-order chi connectivity index (χ0) is 22.8. The van der Waals surface area contributed by atoms with Gasteiger partial charge in [-0.25, -0.2) is 4.79 Å². The van der Waals surface area contributed by atoms with Crippen molar-refractivity contribution in [2.75, 3.05) is 14.2 Å². The Kier molecular flexibility index (Phi) is 9.13. The molecule has 2 aromatic carbocycles. The van der Waals surface area contributed by atoms with E-state index in [1.165, 1.54) is 18.3 Å². The van der Waals surface area contributed by atoms with Gasteiger partial charge in [0, 0.05) is 5.56 Å². The number of phenolic OH excluding ortho intramolecular Hbond substituents is 1. The highest BCUT2D eigenvalue weighted by Gasteiger charge is 2.22. The van der Waals surface area contributed by atoms with Gasteiger partial charge in [-0.1, -0.05) is 65.8 Å². The SMILES string of the molecule is COC(=O)c1c(C=Cc2ccccc2)cc(OC)c(CC=C(C)CCC=C(C)C)c1O. The number of hydrogen-bond donors (Lipinski definition) is 1. The van der Waals surface area contributed by atoms with E-state index in [0.29, 0.717) is 23.3 Å². The van der Waals surface area contributed by atoms with Crippen molar-refractivity contribution in [2.24, 2.45) is 0 Å². The zero-order valence-electron chi connectivity index (χ0n) is 19.1. The number of hydrogen-bond acceptors (Lipinski definition) is 4. The average Bonchev–Trinajstić information content (AvgIpc) is 2.76. The third-order valence-electron chi connectivity index (χ3n) is 5.01. The van der Waals surface area contributed by atoms with Gasteiger partial charge in [0.15, 0.2) is 0 Å². The van der Waals surface area contributed by atoms with E-state index >= 15 is 0 Å². The predicted octanol–water partition coefficient (Wildman–Crippen LogP) is 6.59. The monoisotopic (exact) mass is 420 g/mol. The van der Waals surface area contributed by atoms with Crippen molar-refractivity contribution in [3.63, 3.8) is 0 Å². The molecule has 31 heavy (non-hydrogen) atoms. The Balaban J connectivity index is 2.42. The lowest BCUT2D eigenvalue weighted by Gasteiger charge is -2.15. The quantitative estimate of drug-likeness (QED) is 0.282. The summed E-state index contributed by atoms with van der Waals surface area (Å²) in [5.74, 6) is -0.156. The minimum Gasteiger partial charge on any atom is -0.507 e. The summed E-state index contributed by atoms with van der Waals surface area (Å²) in [6.07, 6.45) is 10.3. The number of allylic oxidation sites excluding steroid dienone is 4. The van der Waals surface area contributed by atoms with Crippen LogP contribution in [0, 0.1) is 0 Å². The molecule has 0 spiro atoms. The van der Waals surface area contributed by atoms with Crippen molar-refractivity contribution in [3.8, 4) is 11.5 Å². The molecule has 0 atom stereocenters. The minimum absolute atomic E-state index is 0.104. The van der Waals surface area contributed by atoms with Crippen LogP contribution in [0.1, 0.15) is 60.7 Å². The molecule has 0 aliphatic carbocycles. The summed E-state index contributed by atoms with van der Waals surface area (Å²) in [5, 5.41) is 11.0. The molecule has 4 heteroatoms. The second-order valence-electron chi connectivity index (χ2n) is 7.68. The molecule has 164 valence electrons. The Labute approximate surface area is 185 Å². The van der Waals surface area contributed by atoms with Crippen molar-refractivity contribution in [2.45, 2.75) is 40.0 Å². The summed E-state index contributed by atoms with van der Waals surface area (Å²) in [5.41, 5.74) is 4.75. The average molecular weight is 421 g/mol. The van der Waals surface area contributed by atoms with Crippen LogP contribution in [0.2, 0.25) is 0 Å². The van der Waals surface area contributed by atoms with Gasteiger partial charge in [0.1, 0.15) is 17.1 Å². The molecule has 0 fully saturated rings. The third kappa shape index (κ3) is 6.88. The Morgan fingerprint density at radius 2 is 1.74 bits per heavy atom. The highest BCUT2D eigenvalue weighted by atomic mass is 16.5. The lowest BCUT2D eigenvalue weighted by molar-refractivity contribution is 0.0597. The number of aromatic hydroxyl groups is 1. The maximum Gasteiger partial charge on any atom is 0.342 e. The van der Waals surface area contributed by atoms with Crippen LogP contribution in [0.3, 0.4) is 0 Å². The molecule has 0 radical (unpaired) electrons. The largest absolute Gasteiger partial charge is 0.507 e. The molecule has 0 heterocycles. The van der Waals surface area contributed by atoms with Gasteiger partial charge in [-0.3, -0.25) is 0 Å².